The molecular formula is C18H15ClFN3O2. The van der Waals surface area contributed by atoms with Gasteiger partial charge in [-0.1, -0.05) is 18.5 Å². The van der Waals surface area contributed by atoms with Crippen LogP contribution in [0.25, 0.3) is 11.0 Å². The number of hydrogen-bond donors (Lipinski definition) is 1. The maximum absolute atomic E-state index is 14.3. The Morgan fingerprint density at radius 3 is 2.72 bits per heavy atom. The van der Waals surface area contributed by atoms with E-state index in [0.29, 0.717) is 23.3 Å². The molecule has 1 aromatic heterocycles. The Balaban J connectivity index is 1.98. The molecule has 128 valence electrons. The molecule has 0 spiro atoms. The molecule has 0 radical (unpaired) electrons. The van der Waals surface area contributed by atoms with Crippen LogP contribution in [0.4, 0.5) is 10.1 Å². The molecule has 0 saturated carbocycles. The molecule has 0 fully saturated rings. The van der Waals surface area contributed by atoms with Gasteiger partial charge in [0.1, 0.15) is 5.82 Å². The Bertz CT molecular complexity index is 933. The summed E-state index contributed by atoms with van der Waals surface area (Å²) in [5, 5.41) is -0.0275. The second-order valence-corrected chi connectivity index (χ2v) is 5.70. The molecule has 0 aliphatic heterocycles. The third kappa shape index (κ3) is 3.60. The molecular weight excluding hydrogens is 345 g/mol. The van der Waals surface area contributed by atoms with Gasteiger partial charge in [-0.05, 0) is 36.8 Å². The Morgan fingerprint density at radius 1 is 1.20 bits per heavy atom. The van der Waals surface area contributed by atoms with E-state index >= 15 is 0 Å². The molecule has 0 aliphatic carbocycles. The highest BCUT2D eigenvalue weighted by atomic mass is 35.5. The lowest BCUT2D eigenvalue weighted by Crippen LogP contribution is -2.09. The molecule has 0 bridgehead atoms. The van der Waals surface area contributed by atoms with Crippen molar-refractivity contribution in [2.45, 2.75) is 13.3 Å². The maximum atomic E-state index is 14.3. The highest BCUT2D eigenvalue weighted by Gasteiger charge is 2.21. The zero-order valence-corrected chi connectivity index (χ0v) is 14.2. The Hall–Kier alpha value is -2.57. The monoisotopic (exact) mass is 359 g/mol. The van der Waals surface area contributed by atoms with E-state index in [4.69, 9.17) is 16.4 Å². The SMILES string of the molecule is CCCONc1ccc(F)c(C(=O)c2ccc3nccnc3c2)c1Cl. The minimum absolute atomic E-state index is 0.0275. The summed E-state index contributed by atoms with van der Waals surface area (Å²) in [5.41, 5.74) is 4.24. The number of rotatable bonds is 6. The summed E-state index contributed by atoms with van der Waals surface area (Å²) in [6.07, 6.45) is 3.89. The van der Waals surface area contributed by atoms with Gasteiger partial charge in [-0.25, -0.2) is 4.39 Å². The van der Waals surface area contributed by atoms with Crippen LogP contribution < -0.4 is 5.48 Å². The fraction of sp³-hybridized carbons (Fsp3) is 0.167. The van der Waals surface area contributed by atoms with Crippen LogP contribution in [-0.4, -0.2) is 22.4 Å². The molecule has 3 aromatic rings. The summed E-state index contributed by atoms with van der Waals surface area (Å²) in [6.45, 7) is 2.41. The molecule has 3 rings (SSSR count). The number of hydrogen-bond acceptors (Lipinski definition) is 5. The van der Waals surface area contributed by atoms with Crippen molar-refractivity contribution in [3.05, 3.63) is 64.7 Å². The first kappa shape index (κ1) is 17.3. The van der Waals surface area contributed by atoms with Crippen LogP contribution in [0, 0.1) is 5.82 Å². The lowest BCUT2D eigenvalue weighted by Gasteiger charge is -2.12. The normalized spacial score (nSPS) is 10.8. The van der Waals surface area contributed by atoms with Gasteiger partial charge in [0.2, 0.25) is 0 Å². The number of benzene rings is 2. The number of aromatic nitrogens is 2. The standard InChI is InChI=1S/C18H15ClFN3O2/c1-2-9-25-23-14-6-4-12(20)16(17(14)19)18(24)11-3-5-13-15(10-11)22-8-7-21-13/h3-8,10,23H,2,9H2,1H3. The lowest BCUT2D eigenvalue weighted by molar-refractivity contribution is 0.103. The van der Waals surface area contributed by atoms with Crippen molar-refractivity contribution in [2.75, 3.05) is 12.1 Å². The summed E-state index contributed by atoms with van der Waals surface area (Å²) in [6, 6.07) is 7.40. The highest BCUT2D eigenvalue weighted by Crippen LogP contribution is 2.30. The summed E-state index contributed by atoms with van der Waals surface area (Å²) >= 11 is 6.22. The van der Waals surface area contributed by atoms with Crippen molar-refractivity contribution in [2.24, 2.45) is 0 Å². The molecule has 1 heterocycles. The molecule has 25 heavy (non-hydrogen) atoms. The van der Waals surface area contributed by atoms with Gasteiger partial charge in [-0.15, -0.1) is 0 Å². The van der Waals surface area contributed by atoms with E-state index in [9.17, 15) is 9.18 Å². The van der Waals surface area contributed by atoms with E-state index in [1.54, 1.807) is 24.4 Å². The van der Waals surface area contributed by atoms with E-state index in [-0.39, 0.29) is 16.1 Å². The number of ketones is 1. The van der Waals surface area contributed by atoms with Crippen molar-refractivity contribution < 1.29 is 14.0 Å². The molecule has 7 heteroatoms. The van der Waals surface area contributed by atoms with E-state index in [1.807, 2.05) is 6.92 Å². The molecule has 0 unspecified atom stereocenters. The van der Waals surface area contributed by atoms with Gasteiger partial charge in [0.05, 0.1) is 33.9 Å². The van der Waals surface area contributed by atoms with Crippen LogP contribution in [0.3, 0.4) is 0 Å². The van der Waals surface area contributed by atoms with Crippen molar-refractivity contribution in [1.82, 2.24) is 9.97 Å². The van der Waals surface area contributed by atoms with Crippen LogP contribution in [0.15, 0.2) is 42.7 Å². The topological polar surface area (TPSA) is 64.1 Å². The van der Waals surface area contributed by atoms with Crippen molar-refractivity contribution >= 4 is 34.1 Å². The molecule has 0 aliphatic rings. The van der Waals surface area contributed by atoms with E-state index in [2.05, 4.69) is 15.4 Å². The minimum atomic E-state index is -0.699. The number of halogens is 2. The van der Waals surface area contributed by atoms with Gasteiger partial charge in [0, 0.05) is 18.0 Å². The average molecular weight is 360 g/mol. The van der Waals surface area contributed by atoms with Crippen LogP contribution >= 0.6 is 11.6 Å². The van der Waals surface area contributed by atoms with Crippen LogP contribution in [-0.2, 0) is 4.84 Å². The third-order valence-corrected chi connectivity index (χ3v) is 3.93. The number of fused-ring (bicyclic) bond motifs is 1. The zero-order valence-electron chi connectivity index (χ0n) is 13.4. The molecule has 0 atom stereocenters. The fourth-order valence-corrected chi connectivity index (χ4v) is 2.60. The third-order valence-electron chi connectivity index (χ3n) is 3.54. The van der Waals surface area contributed by atoms with Gasteiger partial charge >= 0.3 is 0 Å². The predicted octanol–water partition coefficient (Wildman–Crippen LogP) is 4.41. The second-order valence-electron chi connectivity index (χ2n) is 5.32. The molecule has 0 saturated heterocycles. The van der Waals surface area contributed by atoms with Crippen LogP contribution in [0.1, 0.15) is 29.3 Å². The van der Waals surface area contributed by atoms with Crippen molar-refractivity contribution in [1.29, 1.82) is 0 Å². The summed E-state index contributed by atoms with van der Waals surface area (Å²) in [7, 11) is 0. The first-order valence-electron chi connectivity index (χ1n) is 7.73. The quantitative estimate of drug-likeness (QED) is 0.401. The zero-order chi connectivity index (χ0) is 17.8. The van der Waals surface area contributed by atoms with E-state index < -0.39 is 11.6 Å². The Morgan fingerprint density at radius 2 is 1.96 bits per heavy atom. The summed E-state index contributed by atoms with van der Waals surface area (Å²) < 4.78 is 14.3. The smallest absolute Gasteiger partial charge is 0.197 e. The van der Waals surface area contributed by atoms with Crippen molar-refractivity contribution in [3.8, 4) is 0 Å². The number of carbonyl (C=O) groups is 1. The first-order valence-corrected chi connectivity index (χ1v) is 8.11. The van der Waals surface area contributed by atoms with Gasteiger partial charge in [0.15, 0.2) is 5.78 Å². The van der Waals surface area contributed by atoms with Gasteiger partial charge in [0.25, 0.3) is 0 Å². The Kier molecular flexibility index (Phi) is 5.21. The molecule has 0 amide bonds. The summed E-state index contributed by atoms with van der Waals surface area (Å²) in [5.74, 6) is -1.23. The van der Waals surface area contributed by atoms with Crippen molar-refractivity contribution in [3.63, 3.8) is 0 Å². The van der Waals surface area contributed by atoms with Gasteiger partial charge in [-0.3, -0.25) is 25.1 Å². The highest BCUT2D eigenvalue weighted by molar-refractivity contribution is 6.37. The molecule has 1 N–H and O–H groups in total. The number of nitrogens with zero attached hydrogens (tertiary/aromatic N) is 2. The number of nitrogens with one attached hydrogen (secondary N) is 1. The van der Waals surface area contributed by atoms with Gasteiger partial charge < -0.3 is 0 Å². The van der Waals surface area contributed by atoms with E-state index in [1.165, 1.54) is 18.3 Å². The molecule has 5 nitrogen and oxygen atoms in total. The number of carbonyl (C=O) groups excluding carboxylic acids is 1. The second kappa shape index (κ2) is 7.55. The maximum Gasteiger partial charge on any atom is 0.197 e. The summed E-state index contributed by atoms with van der Waals surface area (Å²) in [4.78, 5) is 26.3. The fourth-order valence-electron chi connectivity index (χ4n) is 2.32. The van der Waals surface area contributed by atoms with Crippen LogP contribution in [0.2, 0.25) is 5.02 Å². The van der Waals surface area contributed by atoms with E-state index in [0.717, 1.165) is 6.42 Å². The largest absolute Gasteiger partial charge is 0.288 e. The average Bonchev–Trinajstić information content (AvgIpc) is 2.63. The number of anilines is 1. The molecule has 2 aromatic carbocycles. The Labute approximate surface area is 148 Å². The van der Waals surface area contributed by atoms with Crippen LogP contribution in [0.5, 0.6) is 0 Å². The first-order chi connectivity index (χ1) is 12.1. The minimum Gasteiger partial charge on any atom is -0.288 e. The lowest BCUT2D eigenvalue weighted by atomic mass is 10.0. The predicted molar refractivity (Wildman–Crippen MR) is 94.2 cm³/mol. The van der Waals surface area contributed by atoms with Gasteiger partial charge in [-0.2, -0.15) is 0 Å².